The topological polar surface area (TPSA) is 49.7 Å². The van der Waals surface area contributed by atoms with E-state index >= 15 is 0 Å². The summed E-state index contributed by atoms with van der Waals surface area (Å²) in [6.07, 6.45) is 8.06. The molecule has 7 heteroatoms. The molecule has 3 aromatic rings. The van der Waals surface area contributed by atoms with Crippen molar-refractivity contribution in [1.29, 1.82) is 0 Å². The minimum Gasteiger partial charge on any atom is -0.346 e. The van der Waals surface area contributed by atoms with Crippen LogP contribution in [0.4, 0.5) is 8.78 Å². The summed E-state index contributed by atoms with van der Waals surface area (Å²) in [4.78, 5) is 14.7. The molecule has 5 nitrogen and oxygen atoms in total. The molecule has 0 unspecified atom stereocenters. The third kappa shape index (κ3) is 2.92. The second kappa shape index (κ2) is 6.26. The van der Waals surface area contributed by atoms with Crippen LogP contribution in [0.1, 0.15) is 50.4 Å². The van der Waals surface area contributed by atoms with E-state index in [1.165, 1.54) is 5.52 Å². The van der Waals surface area contributed by atoms with E-state index in [1.807, 2.05) is 12.4 Å². The van der Waals surface area contributed by atoms with Gasteiger partial charge in [0.2, 0.25) is 0 Å². The second-order valence-corrected chi connectivity index (χ2v) is 8.12. The number of aromatic nitrogens is 4. The summed E-state index contributed by atoms with van der Waals surface area (Å²) >= 11 is 0. The molecule has 0 radical (unpaired) electrons. The molecule has 2 fully saturated rings. The van der Waals surface area contributed by atoms with Crippen LogP contribution in [0.5, 0.6) is 0 Å². The second-order valence-electron chi connectivity index (χ2n) is 8.12. The Hall–Kier alpha value is -2.02. The number of halogens is 2. The molecular formula is C20H25F2N5. The zero-order valence-electron chi connectivity index (χ0n) is 15.6. The maximum atomic E-state index is 13.4. The monoisotopic (exact) mass is 373 g/mol. The molecule has 0 amide bonds. The number of likely N-dealkylation sites (tertiary alicyclic amines) is 1. The van der Waals surface area contributed by atoms with Crippen molar-refractivity contribution in [3.8, 4) is 0 Å². The summed E-state index contributed by atoms with van der Waals surface area (Å²) in [5.74, 6) is -1.43. The zero-order chi connectivity index (χ0) is 18.6. The van der Waals surface area contributed by atoms with Gasteiger partial charge in [0, 0.05) is 49.6 Å². The summed E-state index contributed by atoms with van der Waals surface area (Å²) in [6, 6.07) is 2.93. The van der Waals surface area contributed by atoms with Gasteiger partial charge in [0.05, 0.1) is 11.7 Å². The molecule has 1 saturated heterocycles. The average molecular weight is 373 g/mol. The Morgan fingerprint density at radius 3 is 2.56 bits per heavy atom. The minimum atomic E-state index is -2.46. The number of fused-ring (bicyclic) bond motifs is 3. The summed E-state index contributed by atoms with van der Waals surface area (Å²) in [5.41, 5.74) is 3.01. The van der Waals surface area contributed by atoms with Crippen LogP contribution in [0.25, 0.3) is 22.1 Å². The fourth-order valence-electron chi connectivity index (χ4n) is 5.05. The molecule has 144 valence electrons. The van der Waals surface area contributed by atoms with E-state index in [9.17, 15) is 8.78 Å². The highest BCUT2D eigenvalue weighted by Gasteiger charge is 2.37. The van der Waals surface area contributed by atoms with E-state index in [1.54, 1.807) is 0 Å². The first-order valence-electron chi connectivity index (χ1n) is 9.94. The first-order valence-corrected chi connectivity index (χ1v) is 9.94. The number of imidazole rings is 1. The Bertz CT molecular complexity index is 957. The number of rotatable bonds is 2. The van der Waals surface area contributed by atoms with E-state index in [-0.39, 0.29) is 12.8 Å². The van der Waals surface area contributed by atoms with E-state index in [4.69, 9.17) is 4.98 Å². The molecule has 1 N–H and O–H groups in total. The number of nitrogens with zero attached hydrogens (tertiary/aromatic N) is 4. The highest BCUT2D eigenvalue weighted by molar-refractivity contribution is 6.01. The molecular weight excluding hydrogens is 348 g/mol. The lowest BCUT2D eigenvalue weighted by Crippen LogP contribution is -2.46. The molecule has 0 bridgehead atoms. The van der Waals surface area contributed by atoms with E-state index in [2.05, 4.69) is 32.4 Å². The molecule has 5 rings (SSSR count). The van der Waals surface area contributed by atoms with E-state index in [0.29, 0.717) is 25.2 Å². The smallest absolute Gasteiger partial charge is 0.250 e. The maximum absolute atomic E-state index is 13.4. The predicted octanol–water partition coefficient (Wildman–Crippen LogP) is 4.44. The fourth-order valence-corrected chi connectivity index (χ4v) is 5.05. The lowest BCUT2D eigenvalue weighted by Gasteiger charge is -2.41. The molecule has 1 saturated carbocycles. The van der Waals surface area contributed by atoms with E-state index < -0.39 is 5.92 Å². The van der Waals surface area contributed by atoms with Gasteiger partial charge in [-0.1, -0.05) is 0 Å². The summed E-state index contributed by atoms with van der Waals surface area (Å²) in [5, 5.41) is 1.12. The number of nitrogens with one attached hydrogen (secondary N) is 1. The van der Waals surface area contributed by atoms with Gasteiger partial charge in [-0.05, 0) is 38.7 Å². The maximum Gasteiger partial charge on any atom is 0.250 e. The van der Waals surface area contributed by atoms with Gasteiger partial charge in [-0.3, -0.25) is 4.90 Å². The Kier molecular flexibility index (Phi) is 3.96. The van der Waals surface area contributed by atoms with Gasteiger partial charge in [0.15, 0.2) is 0 Å². The first-order chi connectivity index (χ1) is 13.0. The van der Waals surface area contributed by atoms with Gasteiger partial charge in [0.25, 0.3) is 5.92 Å². The van der Waals surface area contributed by atoms with Crippen molar-refractivity contribution in [2.24, 2.45) is 0 Å². The van der Waals surface area contributed by atoms with Crippen LogP contribution in [0.3, 0.4) is 0 Å². The Morgan fingerprint density at radius 1 is 1.11 bits per heavy atom. The third-order valence-corrected chi connectivity index (χ3v) is 6.49. The highest BCUT2D eigenvalue weighted by atomic mass is 19.3. The van der Waals surface area contributed by atoms with Crippen molar-refractivity contribution in [2.45, 2.75) is 63.5 Å². The number of aryl methyl sites for hydroxylation is 1. The minimum absolute atomic E-state index is 0.0106. The van der Waals surface area contributed by atoms with Crippen LogP contribution in [0, 0.1) is 6.92 Å². The van der Waals surface area contributed by atoms with Gasteiger partial charge in [-0.15, -0.1) is 0 Å². The lowest BCUT2D eigenvalue weighted by molar-refractivity contribution is -0.0664. The molecule has 0 atom stereocenters. The molecule has 27 heavy (non-hydrogen) atoms. The Balaban J connectivity index is 1.37. The molecule has 1 aliphatic heterocycles. The first kappa shape index (κ1) is 17.1. The van der Waals surface area contributed by atoms with Crippen LogP contribution in [0.15, 0.2) is 18.5 Å². The highest BCUT2D eigenvalue weighted by Crippen LogP contribution is 2.38. The normalized spacial score (nSPS) is 26.8. The SMILES string of the molecule is Cc1nc2cnc3[nH]ccc3c2n1C1CCC(N2CCC(F)(F)CC2)CC1. The number of hydrogen-bond donors (Lipinski definition) is 1. The lowest BCUT2D eigenvalue weighted by atomic mass is 9.88. The molecule has 4 heterocycles. The average Bonchev–Trinajstić information content (AvgIpc) is 3.25. The van der Waals surface area contributed by atoms with Crippen LogP contribution < -0.4 is 0 Å². The third-order valence-electron chi connectivity index (χ3n) is 6.49. The Morgan fingerprint density at radius 2 is 1.81 bits per heavy atom. The standard InChI is InChI=1S/C20H25F2N5/c1-13-25-17-12-24-19-16(6-9-23-19)18(17)27(13)15-4-2-14(3-5-15)26-10-7-20(21,22)8-11-26/h6,9,12,14-15H,2-5,7-8,10-11H2,1H3,(H,23,24). The molecule has 3 aromatic heterocycles. The number of pyridine rings is 1. The molecule has 0 spiro atoms. The van der Waals surface area contributed by atoms with Crippen molar-refractivity contribution in [2.75, 3.05) is 13.1 Å². The zero-order valence-corrected chi connectivity index (χ0v) is 15.6. The Labute approximate surface area is 156 Å². The largest absolute Gasteiger partial charge is 0.346 e. The van der Waals surface area contributed by atoms with Crippen LogP contribution in [-0.2, 0) is 0 Å². The van der Waals surface area contributed by atoms with Gasteiger partial charge in [0.1, 0.15) is 17.0 Å². The molecule has 2 aliphatic rings. The van der Waals surface area contributed by atoms with Crippen molar-refractivity contribution in [1.82, 2.24) is 24.4 Å². The number of piperidine rings is 1. The summed E-state index contributed by atoms with van der Waals surface area (Å²) < 4.78 is 29.3. The van der Waals surface area contributed by atoms with Gasteiger partial charge in [-0.2, -0.15) is 0 Å². The molecule has 1 aliphatic carbocycles. The van der Waals surface area contributed by atoms with Crippen molar-refractivity contribution < 1.29 is 8.78 Å². The number of H-pyrrole nitrogens is 1. The van der Waals surface area contributed by atoms with Crippen LogP contribution >= 0.6 is 0 Å². The number of hydrogen-bond acceptors (Lipinski definition) is 3. The fraction of sp³-hybridized carbons (Fsp3) is 0.600. The summed E-state index contributed by atoms with van der Waals surface area (Å²) in [7, 11) is 0. The number of alkyl halides is 2. The van der Waals surface area contributed by atoms with Crippen LogP contribution in [-0.4, -0.2) is 49.5 Å². The van der Waals surface area contributed by atoms with Crippen molar-refractivity contribution in [3.05, 3.63) is 24.3 Å². The molecule has 0 aromatic carbocycles. The van der Waals surface area contributed by atoms with Crippen LogP contribution in [0.2, 0.25) is 0 Å². The van der Waals surface area contributed by atoms with Gasteiger partial charge in [-0.25, -0.2) is 18.7 Å². The number of aromatic amines is 1. The predicted molar refractivity (Wildman–Crippen MR) is 101 cm³/mol. The quantitative estimate of drug-likeness (QED) is 0.723. The van der Waals surface area contributed by atoms with Gasteiger partial charge >= 0.3 is 0 Å². The van der Waals surface area contributed by atoms with E-state index in [0.717, 1.165) is 48.1 Å². The van der Waals surface area contributed by atoms with Crippen molar-refractivity contribution in [3.63, 3.8) is 0 Å². The van der Waals surface area contributed by atoms with Gasteiger partial charge < -0.3 is 9.55 Å². The summed E-state index contributed by atoms with van der Waals surface area (Å²) in [6.45, 7) is 3.13. The van der Waals surface area contributed by atoms with Crippen molar-refractivity contribution >= 4 is 22.1 Å².